The van der Waals surface area contributed by atoms with Crippen LogP contribution < -0.4 is 20.1 Å². The van der Waals surface area contributed by atoms with E-state index >= 15 is 0 Å². The van der Waals surface area contributed by atoms with Gasteiger partial charge >= 0.3 is 0 Å². The number of amides is 2. The highest BCUT2D eigenvalue weighted by Crippen LogP contribution is 2.20. The first-order valence-corrected chi connectivity index (χ1v) is 10.3. The minimum atomic E-state index is -0.643. The Kier molecular flexibility index (Phi) is 7.49. The molecule has 162 valence electrons. The minimum Gasteiger partial charge on any atom is -0.497 e. The number of ether oxygens (including phenoxy) is 2. The molecule has 3 rings (SSSR count). The SMILES string of the molecule is COc1ccc(C(=O)NC(C(=O)NCCOc2ccc3ccccc3c2)C(C)C)cc1. The predicted molar refractivity (Wildman–Crippen MR) is 122 cm³/mol. The first-order chi connectivity index (χ1) is 15.0. The largest absolute Gasteiger partial charge is 0.497 e. The van der Waals surface area contributed by atoms with Gasteiger partial charge in [-0.2, -0.15) is 0 Å². The number of hydrogen-bond acceptors (Lipinski definition) is 4. The number of benzene rings is 3. The Bertz CT molecular complexity index is 1030. The highest BCUT2D eigenvalue weighted by molar-refractivity contribution is 5.97. The Labute approximate surface area is 182 Å². The second-order valence-corrected chi connectivity index (χ2v) is 7.57. The third-order valence-electron chi connectivity index (χ3n) is 4.98. The van der Waals surface area contributed by atoms with E-state index in [0.717, 1.165) is 16.5 Å². The summed E-state index contributed by atoms with van der Waals surface area (Å²) in [6.45, 7) is 4.46. The van der Waals surface area contributed by atoms with Crippen molar-refractivity contribution in [3.63, 3.8) is 0 Å². The van der Waals surface area contributed by atoms with E-state index in [4.69, 9.17) is 9.47 Å². The third kappa shape index (κ3) is 5.98. The predicted octanol–water partition coefficient (Wildman–Crippen LogP) is 3.80. The summed E-state index contributed by atoms with van der Waals surface area (Å²) in [5, 5.41) is 7.91. The van der Waals surface area contributed by atoms with Gasteiger partial charge in [0.2, 0.25) is 5.91 Å². The van der Waals surface area contributed by atoms with Crippen LogP contribution in [0.3, 0.4) is 0 Å². The van der Waals surface area contributed by atoms with Crippen LogP contribution in [0.2, 0.25) is 0 Å². The summed E-state index contributed by atoms with van der Waals surface area (Å²) in [4.78, 5) is 25.2. The Morgan fingerprint density at radius 2 is 1.58 bits per heavy atom. The summed E-state index contributed by atoms with van der Waals surface area (Å²) < 4.78 is 10.9. The Morgan fingerprint density at radius 1 is 0.903 bits per heavy atom. The van der Waals surface area contributed by atoms with Gasteiger partial charge in [-0.05, 0) is 53.1 Å². The molecule has 3 aromatic rings. The average Bonchev–Trinajstić information content (AvgIpc) is 2.79. The third-order valence-corrected chi connectivity index (χ3v) is 4.98. The number of rotatable bonds is 9. The molecule has 0 spiro atoms. The number of carbonyl (C=O) groups excluding carboxylic acids is 2. The molecule has 0 radical (unpaired) electrons. The zero-order chi connectivity index (χ0) is 22.2. The van der Waals surface area contributed by atoms with Crippen LogP contribution in [0.4, 0.5) is 0 Å². The van der Waals surface area contributed by atoms with E-state index in [2.05, 4.69) is 10.6 Å². The first-order valence-electron chi connectivity index (χ1n) is 10.3. The van der Waals surface area contributed by atoms with E-state index < -0.39 is 6.04 Å². The fourth-order valence-corrected chi connectivity index (χ4v) is 3.21. The second kappa shape index (κ2) is 10.5. The highest BCUT2D eigenvalue weighted by Gasteiger charge is 2.24. The van der Waals surface area contributed by atoms with Gasteiger partial charge in [-0.1, -0.05) is 44.2 Å². The summed E-state index contributed by atoms with van der Waals surface area (Å²) in [5.41, 5.74) is 0.471. The molecule has 1 atom stereocenters. The number of carbonyl (C=O) groups is 2. The molecule has 6 nitrogen and oxygen atoms in total. The molecule has 0 aliphatic rings. The normalized spacial score (nSPS) is 11.7. The van der Waals surface area contributed by atoms with Crippen molar-refractivity contribution in [3.05, 3.63) is 72.3 Å². The molecule has 6 heteroatoms. The van der Waals surface area contributed by atoms with Crippen LogP contribution in [0.15, 0.2) is 66.7 Å². The van der Waals surface area contributed by atoms with E-state index in [1.54, 1.807) is 31.4 Å². The van der Waals surface area contributed by atoms with Crippen LogP contribution >= 0.6 is 0 Å². The molecule has 0 aromatic heterocycles. The number of nitrogens with one attached hydrogen (secondary N) is 2. The topological polar surface area (TPSA) is 76.7 Å². The molecule has 0 heterocycles. The van der Waals surface area contributed by atoms with Crippen molar-refractivity contribution in [2.45, 2.75) is 19.9 Å². The molecule has 0 saturated heterocycles. The summed E-state index contributed by atoms with van der Waals surface area (Å²) >= 11 is 0. The maximum Gasteiger partial charge on any atom is 0.251 e. The Morgan fingerprint density at radius 3 is 2.26 bits per heavy atom. The average molecular weight is 421 g/mol. The van der Waals surface area contributed by atoms with Gasteiger partial charge < -0.3 is 20.1 Å². The highest BCUT2D eigenvalue weighted by atomic mass is 16.5. The quantitative estimate of drug-likeness (QED) is 0.516. The van der Waals surface area contributed by atoms with E-state index in [1.807, 2.05) is 56.3 Å². The summed E-state index contributed by atoms with van der Waals surface area (Å²) in [6.07, 6.45) is 0. The summed E-state index contributed by atoms with van der Waals surface area (Å²) in [5.74, 6) is 0.814. The van der Waals surface area contributed by atoms with Crippen LogP contribution in [-0.2, 0) is 4.79 Å². The van der Waals surface area contributed by atoms with Crippen molar-refractivity contribution in [1.82, 2.24) is 10.6 Å². The molecule has 1 unspecified atom stereocenters. The van der Waals surface area contributed by atoms with Gasteiger partial charge in [0, 0.05) is 5.56 Å². The Hall–Kier alpha value is -3.54. The molecule has 0 fully saturated rings. The second-order valence-electron chi connectivity index (χ2n) is 7.57. The van der Waals surface area contributed by atoms with Crippen molar-refractivity contribution < 1.29 is 19.1 Å². The van der Waals surface area contributed by atoms with Crippen molar-refractivity contribution in [3.8, 4) is 11.5 Å². The van der Waals surface area contributed by atoms with E-state index in [1.165, 1.54) is 0 Å². The molecule has 0 bridgehead atoms. The summed E-state index contributed by atoms with van der Waals surface area (Å²) in [6, 6.07) is 20.1. The monoisotopic (exact) mass is 420 g/mol. The van der Waals surface area contributed by atoms with Gasteiger partial charge in [0.25, 0.3) is 5.91 Å². The van der Waals surface area contributed by atoms with Gasteiger partial charge in [-0.25, -0.2) is 0 Å². The minimum absolute atomic E-state index is 0.0661. The van der Waals surface area contributed by atoms with Crippen LogP contribution in [0.1, 0.15) is 24.2 Å². The lowest BCUT2D eigenvalue weighted by Gasteiger charge is -2.22. The van der Waals surface area contributed by atoms with Crippen molar-refractivity contribution in [2.75, 3.05) is 20.3 Å². The fourth-order valence-electron chi connectivity index (χ4n) is 3.21. The maximum absolute atomic E-state index is 12.6. The standard InChI is InChI=1S/C25H28N2O4/c1-17(2)23(27-24(28)19-9-11-21(30-3)12-10-19)25(29)26-14-15-31-22-13-8-18-6-4-5-7-20(18)16-22/h4-13,16-17,23H,14-15H2,1-3H3,(H,26,29)(H,27,28). The van der Waals surface area contributed by atoms with Crippen molar-refractivity contribution in [1.29, 1.82) is 0 Å². The van der Waals surface area contributed by atoms with Gasteiger partial charge in [-0.3, -0.25) is 9.59 Å². The molecule has 0 aliphatic heterocycles. The lowest BCUT2D eigenvalue weighted by molar-refractivity contribution is -0.124. The summed E-state index contributed by atoms with van der Waals surface area (Å²) in [7, 11) is 1.57. The number of fused-ring (bicyclic) bond motifs is 1. The van der Waals surface area contributed by atoms with E-state index in [9.17, 15) is 9.59 Å². The van der Waals surface area contributed by atoms with E-state index in [0.29, 0.717) is 24.5 Å². The van der Waals surface area contributed by atoms with Gasteiger partial charge in [0.05, 0.1) is 13.7 Å². The van der Waals surface area contributed by atoms with Gasteiger partial charge in [0.15, 0.2) is 0 Å². The van der Waals surface area contributed by atoms with E-state index in [-0.39, 0.29) is 17.7 Å². The molecule has 2 N–H and O–H groups in total. The van der Waals surface area contributed by atoms with Crippen LogP contribution in [0.5, 0.6) is 11.5 Å². The molecular weight excluding hydrogens is 392 g/mol. The zero-order valence-corrected chi connectivity index (χ0v) is 18.1. The lowest BCUT2D eigenvalue weighted by atomic mass is 10.0. The fraction of sp³-hybridized carbons (Fsp3) is 0.280. The molecule has 0 saturated carbocycles. The zero-order valence-electron chi connectivity index (χ0n) is 18.1. The van der Waals surface area contributed by atoms with Crippen LogP contribution in [0, 0.1) is 5.92 Å². The smallest absolute Gasteiger partial charge is 0.251 e. The lowest BCUT2D eigenvalue weighted by Crippen LogP contribution is -2.50. The Balaban J connectivity index is 1.50. The first kappa shape index (κ1) is 22.2. The molecule has 3 aromatic carbocycles. The molecular formula is C25H28N2O4. The maximum atomic E-state index is 12.6. The van der Waals surface area contributed by atoms with Crippen LogP contribution in [0.25, 0.3) is 10.8 Å². The van der Waals surface area contributed by atoms with Crippen molar-refractivity contribution in [2.24, 2.45) is 5.92 Å². The number of methoxy groups -OCH3 is 1. The molecule has 31 heavy (non-hydrogen) atoms. The molecule has 0 aliphatic carbocycles. The molecule has 2 amide bonds. The number of hydrogen-bond donors (Lipinski definition) is 2. The van der Waals surface area contributed by atoms with Gasteiger partial charge in [-0.15, -0.1) is 0 Å². The van der Waals surface area contributed by atoms with Crippen molar-refractivity contribution >= 4 is 22.6 Å². The van der Waals surface area contributed by atoms with Gasteiger partial charge in [0.1, 0.15) is 24.1 Å². The van der Waals surface area contributed by atoms with Crippen LogP contribution in [-0.4, -0.2) is 38.1 Å².